The lowest BCUT2D eigenvalue weighted by atomic mass is 10.1. The fourth-order valence-corrected chi connectivity index (χ4v) is 4.34. The highest BCUT2D eigenvalue weighted by molar-refractivity contribution is 8.16. The number of amidine groups is 1. The van der Waals surface area contributed by atoms with Crippen LogP contribution in [0.4, 0.5) is 5.69 Å². The molecule has 0 fully saturated rings. The predicted molar refractivity (Wildman–Crippen MR) is 173 cm³/mol. The highest BCUT2D eigenvalue weighted by Gasteiger charge is 2.15. The second kappa shape index (κ2) is 17.3. The van der Waals surface area contributed by atoms with Crippen LogP contribution < -0.4 is 10.6 Å². The summed E-state index contributed by atoms with van der Waals surface area (Å²) in [5.74, 6) is -0.126. The molecule has 214 valence electrons. The third-order valence-corrected chi connectivity index (χ3v) is 6.13. The second-order valence-electron chi connectivity index (χ2n) is 9.84. The Morgan fingerprint density at radius 3 is 2.52 bits per heavy atom. The Bertz CT molecular complexity index is 1240. The molecule has 0 bridgehead atoms. The number of benzene rings is 1. The van der Waals surface area contributed by atoms with Crippen molar-refractivity contribution in [3.63, 3.8) is 0 Å². The Balaban J connectivity index is 0.000000858. The number of likely N-dealkylation sites (N-methyl/N-ethyl adjacent to an activating group) is 1. The monoisotopic (exact) mass is 560 g/mol. The van der Waals surface area contributed by atoms with E-state index >= 15 is 0 Å². The molecule has 8 heteroatoms. The molecule has 1 aliphatic heterocycles. The number of hydrogen-bond acceptors (Lipinski definition) is 7. The molecule has 7 nitrogen and oxygen atoms in total. The Kier molecular flexibility index (Phi) is 14.1. The molecule has 4 rings (SSSR count). The number of carbonyl (C=O) groups excluding carboxylic acids is 1. The molecule has 2 N–H and O–H groups in total. The van der Waals surface area contributed by atoms with Crippen LogP contribution in [0.15, 0.2) is 94.8 Å². The standard InChI is InChI=1S/C27H29N5OS.C3H9N.C2H6/c1-19-9-11-21(26(33)29-23-8-4-6-20(10-12-23)18-32(2)3)16-25(19)31-27-30-24(13-15-34-27)22-7-5-14-28-17-22;1-4(2)3;1-2/h4-7,9-17,24H,8,18H2,1-3H3,(H,29,33)(H,30,31);1-3H3;1-2H3. The minimum atomic E-state index is -0.126. The van der Waals surface area contributed by atoms with E-state index < -0.39 is 0 Å². The number of aromatic nitrogens is 1. The quantitative estimate of drug-likeness (QED) is 0.425. The van der Waals surface area contributed by atoms with E-state index in [1.807, 2.05) is 109 Å². The van der Waals surface area contributed by atoms with Gasteiger partial charge < -0.3 is 20.4 Å². The van der Waals surface area contributed by atoms with Crippen LogP contribution in [-0.2, 0) is 0 Å². The van der Waals surface area contributed by atoms with Gasteiger partial charge in [-0.1, -0.05) is 56.0 Å². The highest BCUT2D eigenvalue weighted by atomic mass is 32.2. The lowest BCUT2D eigenvalue weighted by Gasteiger charge is -2.18. The minimum Gasteiger partial charge on any atom is -0.334 e. The van der Waals surface area contributed by atoms with Crippen molar-refractivity contribution in [3.8, 4) is 0 Å². The van der Waals surface area contributed by atoms with Crippen LogP contribution in [0.1, 0.15) is 47.8 Å². The van der Waals surface area contributed by atoms with Gasteiger partial charge in [0.25, 0.3) is 5.91 Å². The molecule has 1 aliphatic carbocycles. The molecule has 2 aliphatic rings. The largest absolute Gasteiger partial charge is 0.334 e. The first-order chi connectivity index (χ1) is 19.2. The van der Waals surface area contributed by atoms with Crippen LogP contribution in [0.2, 0.25) is 0 Å². The van der Waals surface area contributed by atoms with E-state index in [1.165, 1.54) is 17.3 Å². The molecule has 1 aromatic heterocycles. The minimum absolute atomic E-state index is 0.0788. The number of aliphatic imine (C=N–C) groups is 1. The lowest BCUT2D eigenvalue weighted by molar-refractivity contribution is 0.0965. The summed E-state index contributed by atoms with van der Waals surface area (Å²) in [4.78, 5) is 26.1. The van der Waals surface area contributed by atoms with E-state index in [4.69, 9.17) is 4.99 Å². The van der Waals surface area contributed by atoms with Gasteiger partial charge >= 0.3 is 0 Å². The van der Waals surface area contributed by atoms with Gasteiger partial charge in [0.2, 0.25) is 0 Å². The SMILES string of the molecule is CC.CN(C)C.Cc1ccc(C(=O)NC2=CC=C(CN(C)C)C=CC2)cc1NC1=NC(c2cccnc2)C=CS1. The van der Waals surface area contributed by atoms with Gasteiger partial charge in [-0.2, -0.15) is 0 Å². The van der Waals surface area contributed by atoms with Gasteiger partial charge in [0.15, 0.2) is 5.17 Å². The zero-order valence-corrected chi connectivity index (χ0v) is 25.9. The van der Waals surface area contributed by atoms with Crippen molar-refractivity contribution >= 4 is 28.5 Å². The lowest BCUT2D eigenvalue weighted by Crippen LogP contribution is -2.23. The number of carbonyl (C=O) groups is 1. The van der Waals surface area contributed by atoms with Crippen molar-refractivity contribution in [3.05, 3.63) is 106 Å². The number of anilines is 1. The molecular formula is C32H44N6OS. The Morgan fingerprint density at radius 1 is 1.10 bits per heavy atom. The van der Waals surface area contributed by atoms with Crippen LogP contribution in [0.5, 0.6) is 0 Å². The van der Waals surface area contributed by atoms with Crippen molar-refractivity contribution in [2.45, 2.75) is 33.2 Å². The number of pyridine rings is 1. The maximum absolute atomic E-state index is 13.0. The third-order valence-electron chi connectivity index (χ3n) is 5.41. The maximum Gasteiger partial charge on any atom is 0.255 e. The van der Waals surface area contributed by atoms with Gasteiger partial charge in [-0.05, 0) is 94.6 Å². The van der Waals surface area contributed by atoms with Crippen molar-refractivity contribution in [1.29, 1.82) is 0 Å². The number of aryl methyl sites for hydroxylation is 1. The summed E-state index contributed by atoms with van der Waals surface area (Å²) in [6.45, 7) is 6.88. The van der Waals surface area contributed by atoms with Crippen LogP contribution in [0.3, 0.4) is 0 Å². The summed E-state index contributed by atoms with van der Waals surface area (Å²) < 4.78 is 0. The third kappa shape index (κ3) is 11.3. The summed E-state index contributed by atoms with van der Waals surface area (Å²) in [5, 5.41) is 9.28. The van der Waals surface area contributed by atoms with Crippen molar-refractivity contribution < 1.29 is 4.79 Å². The zero-order valence-electron chi connectivity index (χ0n) is 25.1. The van der Waals surface area contributed by atoms with E-state index in [2.05, 4.69) is 44.8 Å². The smallest absolute Gasteiger partial charge is 0.255 e. The summed E-state index contributed by atoms with van der Waals surface area (Å²) >= 11 is 1.53. The Labute approximate surface area is 244 Å². The topological polar surface area (TPSA) is 72.9 Å². The number of thioether (sulfide) groups is 1. The number of nitrogens with zero attached hydrogens (tertiary/aromatic N) is 4. The average molecular weight is 561 g/mol. The molecular weight excluding hydrogens is 516 g/mol. The molecule has 2 heterocycles. The number of allylic oxidation sites excluding steroid dienone is 3. The van der Waals surface area contributed by atoms with E-state index in [-0.39, 0.29) is 11.9 Å². The van der Waals surface area contributed by atoms with Crippen LogP contribution in [0.25, 0.3) is 0 Å². The summed E-state index contributed by atoms with van der Waals surface area (Å²) in [7, 11) is 10.1. The van der Waals surface area contributed by atoms with Gasteiger partial charge in [0.1, 0.15) is 0 Å². The van der Waals surface area contributed by atoms with Gasteiger partial charge in [-0.15, -0.1) is 0 Å². The maximum atomic E-state index is 13.0. The predicted octanol–water partition coefficient (Wildman–Crippen LogP) is 6.43. The second-order valence-corrected chi connectivity index (χ2v) is 10.7. The first kappa shape index (κ1) is 32.8. The molecule has 1 aromatic carbocycles. The molecule has 1 unspecified atom stereocenters. The summed E-state index contributed by atoms with van der Waals surface area (Å²) in [5.41, 5.74) is 5.63. The Hall–Kier alpha value is -3.46. The van der Waals surface area contributed by atoms with Crippen molar-refractivity contribution in [2.75, 3.05) is 47.1 Å². The molecule has 40 heavy (non-hydrogen) atoms. The molecule has 2 aromatic rings. The molecule has 0 spiro atoms. The molecule has 0 saturated heterocycles. The Morgan fingerprint density at radius 2 is 1.85 bits per heavy atom. The van der Waals surface area contributed by atoms with Gasteiger partial charge in [-0.25, -0.2) is 4.99 Å². The van der Waals surface area contributed by atoms with Crippen LogP contribution >= 0.6 is 11.8 Å². The molecule has 0 radical (unpaired) electrons. The van der Waals surface area contributed by atoms with Crippen molar-refractivity contribution in [2.24, 2.45) is 4.99 Å². The normalized spacial score (nSPS) is 15.9. The average Bonchev–Trinajstić information content (AvgIpc) is 3.15. The number of hydrogen-bond donors (Lipinski definition) is 2. The zero-order chi connectivity index (χ0) is 29.5. The molecule has 0 saturated carbocycles. The fraction of sp³-hybridized carbons (Fsp3) is 0.344. The first-order valence-corrected chi connectivity index (χ1v) is 14.4. The first-order valence-electron chi connectivity index (χ1n) is 13.5. The number of rotatable bonds is 6. The van der Waals surface area contributed by atoms with Gasteiger partial charge in [0, 0.05) is 42.3 Å². The van der Waals surface area contributed by atoms with Gasteiger partial charge in [-0.3, -0.25) is 9.78 Å². The number of nitrogens with one attached hydrogen (secondary N) is 2. The van der Waals surface area contributed by atoms with Crippen molar-refractivity contribution in [1.82, 2.24) is 20.1 Å². The van der Waals surface area contributed by atoms with Crippen LogP contribution in [0, 0.1) is 6.92 Å². The van der Waals surface area contributed by atoms with Gasteiger partial charge in [0.05, 0.1) is 6.04 Å². The summed E-state index contributed by atoms with van der Waals surface area (Å²) in [6, 6.07) is 9.54. The van der Waals surface area contributed by atoms with E-state index in [0.717, 1.165) is 34.2 Å². The highest BCUT2D eigenvalue weighted by Crippen LogP contribution is 2.28. The molecule has 1 atom stereocenters. The van der Waals surface area contributed by atoms with Crippen LogP contribution in [-0.4, -0.2) is 67.6 Å². The van der Waals surface area contributed by atoms with E-state index in [9.17, 15) is 4.79 Å². The van der Waals surface area contributed by atoms with E-state index in [0.29, 0.717) is 12.0 Å². The fourth-order valence-electron chi connectivity index (χ4n) is 3.64. The molecule has 1 amide bonds. The number of amides is 1. The summed E-state index contributed by atoms with van der Waals surface area (Å²) in [6.07, 6.45) is 14.6. The van der Waals surface area contributed by atoms with E-state index in [1.54, 1.807) is 6.20 Å².